The molecule has 0 unspecified atom stereocenters. The van der Waals surface area contributed by atoms with Crippen LogP contribution in [0.1, 0.15) is 43.9 Å². The minimum atomic E-state index is -3.68. The summed E-state index contributed by atoms with van der Waals surface area (Å²) in [5.74, 6) is -1.21. The Morgan fingerprint density at radius 1 is 0.639 bits per heavy atom. The average molecular weight is 871 g/mol. The van der Waals surface area contributed by atoms with E-state index >= 15 is 0 Å². The zero-order chi connectivity index (χ0) is 44.6. The maximum Gasteiger partial charge on any atom is 0.330 e. The Labute approximate surface area is 358 Å². The molecule has 0 aliphatic rings. The molecule has 0 radical (unpaired) electrons. The van der Waals surface area contributed by atoms with Crippen LogP contribution in [0.15, 0.2) is 102 Å². The fourth-order valence-electron chi connectivity index (χ4n) is 5.31. The molecule has 0 amide bonds. The van der Waals surface area contributed by atoms with Crippen molar-refractivity contribution in [3.05, 3.63) is 114 Å². The molecule has 0 bridgehead atoms. The van der Waals surface area contributed by atoms with Crippen LogP contribution in [-0.2, 0) is 75.3 Å². The highest BCUT2D eigenvalue weighted by molar-refractivity contribution is 7.91. The molecule has 0 fully saturated rings. The molecule has 0 saturated heterocycles. The molecule has 5 atom stereocenters. The summed E-state index contributed by atoms with van der Waals surface area (Å²) in [5.41, 5.74) is 2.49. The fraction of sp³-hybridized carbons (Fsp3) is 0.444. The number of rotatable bonds is 28. The summed E-state index contributed by atoms with van der Waals surface area (Å²) in [5, 5.41) is 0. The lowest BCUT2D eigenvalue weighted by atomic mass is 10.1. The highest BCUT2D eigenvalue weighted by Gasteiger charge is 2.24. The molecule has 0 saturated carbocycles. The molecule has 0 spiro atoms. The average Bonchev–Trinajstić information content (AvgIpc) is 3.23. The first-order chi connectivity index (χ1) is 29.2. The lowest BCUT2D eigenvalue weighted by Crippen LogP contribution is -2.32. The Morgan fingerprint density at radius 2 is 1.16 bits per heavy atom. The Balaban J connectivity index is 1.69. The fourth-order valence-corrected chi connectivity index (χ4v) is 6.39. The van der Waals surface area contributed by atoms with E-state index in [2.05, 4.69) is 0 Å². The number of ether oxygens (including phenoxy) is 10. The summed E-state index contributed by atoms with van der Waals surface area (Å²) in [7, 11) is 0.998. The van der Waals surface area contributed by atoms with Gasteiger partial charge in [0, 0.05) is 19.3 Å². The first kappa shape index (κ1) is 50.3. The number of carbonyl (C=O) groups is 3. The largest absolute Gasteiger partial charge is 0.497 e. The van der Waals surface area contributed by atoms with Crippen molar-refractivity contribution in [2.45, 2.75) is 82.7 Å². The van der Waals surface area contributed by atoms with Gasteiger partial charge in [0.05, 0.1) is 63.8 Å². The number of benzene rings is 3. The van der Waals surface area contributed by atoms with Gasteiger partial charge in [0.15, 0.2) is 9.84 Å². The molecule has 0 aliphatic heterocycles. The monoisotopic (exact) mass is 870 g/mol. The van der Waals surface area contributed by atoms with Gasteiger partial charge in [-0.1, -0.05) is 42.0 Å². The number of esters is 3. The van der Waals surface area contributed by atoms with Crippen LogP contribution in [0.2, 0.25) is 0 Å². The van der Waals surface area contributed by atoms with Crippen LogP contribution in [0, 0.1) is 6.92 Å². The van der Waals surface area contributed by atoms with Gasteiger partial charge in [0.2, 0.25) is 0 Å². The number of hydrogen-bond donors (Lipinski definition) is 0. The van der Waals surface area contributed by atoms with E-state index in [1.165, 1.54) is 24.3 Å². The molecule has 3 aromatic carbocycles. The molecule has 334 valence electrons. The molecule has 0 aliphatic carbocycles. The summed E-state index contributed by atoms with van der Waals surface area (Å²) >= 11 is 0. The summed E-state index contributed by atoms with van der Waals surface area (Å²) in [6, 6.07) is 20.7. The number of methoxy groups -OCH3 is 3. The highest BCUT2D eigenvalue weighted by Crippen LogP contribution is 2.18. The smallest absolute Gasteiger partial charge is 0.330 e. The van der Waals surface area contributed by atoms with Gasteiger partial charge in [0.25, 0.3) is 0 Å². The molecular weight excluding hydrogens is 813 g/mol. The summed E-state index contributed by atoms with van der Waals surface area (Å²) in [4.78, 5) is 38.9. The minimum Gasteiger partial charge on any atom is -0.497 e. The van der Waals surface area contributed by atoms with Crippen molar-refractivity contribution >= 4 is 27.7 Å². The SMILES string of the molecule is COCCOCO[C@H](C)CC(=O)O[C@@H](C)[C@@H](/C=C/C(=O)O[C@@H](C)[C@@H](/C=C/C(=O)OCCS(=O)(=O)c1ccc(C)cc1)OCc1ccc(OC)cc1)OCc1ccc(OC)cc1. The molecule has 3 aromatic rings. The van der Waals surface area contributed by atoms with Crippen LogP contribution < -0.4 is 9.47 Å². The van der Waals surface area contributed by atoms with Crippen molar-refractivity contribution in [3.8, 4) is 11.5 Å². The number of hydrogen-bond acceptors (Lipinski definition) is 15. The molecule has 0 N–H and O–H groups in total. The third-order valence-electron chi connectivity index (χ3n) is 8.89. The lowest BCUT2D eigenvalue weighted by molar-refractivity contribution is -0.160. The van der Waals surface area contributed by atoms with Gasteiger partial charge in [-0.15, -0.1) is 0 Å². The Morgan fingerprint density at radius 3 is 1.69 bits per heavy atom. The zero-order valence-electron chi connectivity index (χ0n) is 35.8. The van der Waals surface area contributed by atoms with Crippen molar-refractivity contribution in [1.29, 1.82) is 0 Å². The van der Waals surface area contributed by atoms with Gasteiger partial charge in [-0.2, -0.15) is 0 Å². The Kier molecular flexibility index (Phi) is 22.2. The number of sulfone groups is 1. The molecule has 3 rings (SSSR count). The minimum absolute atomic E-state index is 0.0150. The van der Waals surface area contributed by atoms with Gasteiger partial charge in [-0.3, -0.25) is 4.79 Å². The second-order valence-corrected chi connectivity index (χ2v) is 15.9. The summed E-state index contributed by atoms with van der Waals surface area (Å²) < 4.78 is 80.4. The van der Waals surface area contributed by atoms with E-state index in [0.717, 1.165) is 28.8 Å². The van der Waals surface area contributed by atoms with Crippen LogP contribution >= 0.6 is 0 Å². The molecular formula is C45H58O15S. The van der Waals surface area contributed by atoms with Crippen molar-refractivity contribution in [3.63, 3.8) is 0 Å². The van der Waals surface area contributed by atoms with Crippen LogP contribution in [0.3, 0.4) is 0 Å². The van der Waals surface area contributed by atoms with Gasteiger partial charge in [-0.25, -0.2) is 18.0 Å². The van der Waals surface area contributed by atoms with E-state index in [1.807, 2.05) is 19.1 Å². The van der Waals surface area contributed by atoms with Crippen LogP contribution in [-0.4, -0.2) is 111 Å². The predicted molar refractivity (Wildman–Crippen MR) is 225 cm³/mol. The number of carbonyl (C=O) groups excluding carboxylic acids is 3. The quantitative estimate of drug-likeness (QED) is 0.0277. The van der Waals surface area contributed by atoms with E-state index in [4.69, 9.17) is 47.4 Å². The van der Waals surface area contributed by atoms with Gasteiger partial charge in [0.1, 0.15) is 49.3 Å². The molecule has 0 aromatic heterocycles. The van der Waals surface area contributed by atoms with E-state index in [-0.39, 0.29) is 37.9 Å². The second kappa shape index (κ2) is 27.0. The van der Waals surface area contributed by atoms with Crippen molar-refractivity contribution in [2.75, 3.05) is 53.7 Å². The third-order valence-corrected chi connectivity index (χ3v) is 10.6. The van der Waals surface area contributed by atoms with Gasteiger partial charge < -0.3 is 47.4 Å². The zero-order valence-corrected chi connectivity index (χ0v) is 36.6. The van der Waals surface area contributed by atoms with Gasteiger partial charge >= 0.3 is 17.9 Å². The first-order valence-electron chi connectivity index (χ1n) is 19.6. The lowest BCUT2D eigenvalue weighted by Gasteiger charge is -2.23. The molecule has 16 heteroatoms. The Bertz CT molecular complexity index is 1930. The molecule has 61 heavy (non-hydrogen) atoms. The van der Waals surface area contributed by atoms with Crippen LogP contribution in [0.4, 0.5) is 0 Å². The second-order valence-electron chi connectivity index (χ2n) is 13.8. The maximum atomic E-state index is 13.3. The van der Waals surface area contributed by atoms with E-state index in [1.54, 1.807) is 90.6 Å². The first-order valence-corrected chi connectivity index (χ1v) is 21.3. The van der Waals surface area contributed by atoms with Gasteiger partial charge in [-0.05, 0) is 87.4 Å². The van der Waals surface area contributed by atoms with Crippen molar-refractivity contribution in [1.82, 2.24) is 0 Å². The topological polar surface area (TPSA) is 178 Å². The molecule has 0 heterocycles. The Hall–Kier alpha value is -5.10. The van der Waals surface area contributed by atoms with Crippen molar-refractivity contribution in [2.24, 2.45) is 0 Å². The van der Waals surface area contributed by atoms with Crippen molar-refractivity contribution < 1.29 is 70.2 Å². The third kappa shape index (κ3) is 19.4. The van der Waals surface area contributed by atoms with E-state index < -0.39 is 64.0 Å². The van der Waals surface area contributed by atoms with E-state index in [0.29, 0.717) is 24.7 Å². The van der Waals surface area contributed by atoms with Crippen LogP contribution in [0.25, 0.3) is 0 Å². The highest BCUT2D eigenvalue weighted by atomic mass is 32.2. The number of aryl methyl sites for hydroxylation is 1. The van der Waals surface area contributed by atoms with E-state index in [9.17, 15) is 22.8 Å². The molecule has 15 nitrogen and oxygen atoms in total. The van der Waals surface area contributed by atoms with Crippen LogP contribution in [0.5, 0.6) is 11.5 Å². The predicted octanol–water partition coefficient (Wildman–Crippen LogP) is 5.89. The maximum absolute atomic E-state index is 13.3. The standard InChI is InChI=1S/C45H58O15S/c1-32-8-18-40(19-9-32)61(49,50)27-26-55-43(46)22-20-41(56-29-36-10-14-38(52-6)15-11-36)34(3)59-44(47)23-21-42(57-30-37-12-16-39(53-7)17-13-37)35(4)60-45(48)28-33(2)58-31-54-25-24-51-5/h8-23,33-35,41-42H,24-31H2,1-7H3/b22-20+,23-21+/t33-,34+,35+,41-,42-/m1/s1. The normalized spacial score (nSPS) is 14.2. The summed E-state index contributed by atoms with van der Waals surface area (Å²) in [6.45, 7) is 7.35. The summed E-state index contributed by atoms with van der Waals surface area (Å²) in [6.07, 6.45) is 0.919.